The van der Waals surface area contributed by atoms with Gasteiger partial charge in [0.15, 0.2) is 0 Å². The van der Waals surface area contributed by atoms with Gasteiger partial charge in [-0.1, -0.05) is 0 Å². The van der Waals surface area contributed by atoms with Crippen molar-refractivity contribution < 1.29 is 23.8 Å². The monoisotopic (exact) mass is 240 g/mol. The van der Waals surface area contributed by atoms with Gasteiger partial charge in [0.1, 0.15) is 12.4 Å². The molecule has 1 aromatic rings. The zero-order valence-electron chi connectivity index (χ0n) is 9.55. The molecule has 0 radical (unpaired) electrons. The van der Waals surface area contributed by atoms with Crippen LogP contribution in [0.4, 0.5) is 0 Å². The Kier molecular flexibility index (Phi) is 4.17. The average molecular weight is 240 g/mol. The van der Waals surface area contributed by atoms with Crippen molar-refractivity contribution in [2.45, 2.75) is 32.0 Å². The van der Waals surface area contributed by atoms with E-state index in [1.165, 1.54) is 12.5 Å². The van der Waals surface area contributed by atoms with Crippen LogP contribution in [0.3, 0.4) is 0 Å². The summed E-state index contributed by atoms with van der Waals surface area (Å²) in [5.74, 6) is -0.595. The van der Waals surface area contributed by atoms with Gasteiger partial charge in [0.25, 0.3) is 0 Å². The highest BCUT2D eigenvalue weighted by Gasteiger charge is 2.14. The number of rotatable bonds is 5. The first-order valence-electron chi connectivity index (χ1n) is 5.77. The first-order valence-corrected chi connectivity index (χ1v) is 5.77. The largest absolute Gasteiger partial charge is 0.475 e. The Labute approximate surface area is 99.3 Å². The van der Waals surface area contributed by atoms with E-state index in [1.54, 1.807) is 6.07 Å². The van der Waals surface area contributed by atoms with Crippen molar-refractivity contribution >= 4 is 5.97 Å². The molecule has 1 aliphatic rings. The Balaban J connectivity index is 1.71. The lowest BCUT2D eigenvalue weighted by molar-refractivity contribution is -0.0473. The minimum absolute atomic E-state index is 0.0579. The summed E-state index contributed by atoms with van der Waals surface area (Å²) in [6, 6.07) is 3.04. The fraction of sp³-hybridized carbons (Fsp3) is 0.583. The van der Waals surface area contributed by atoms with Crippen molar-refractivity contribution in [3.05, 3.63) is 23.7 Å². The average Bonchev–Trinajstić information content (AvgIpc) is 2.79. The Hall–Kier alpha value is -1.33. The lowest BCUT2D eigenvalue weighted by Crippen LogP contribution is -2.24. The molecule has 94 valence electrons. The lowest BCUT2D eigenvalue weighted by Gasteiger charge is -2.21. The molecule has 1 N–H and O–H groups in total. The van der Waals surface area contributed by atoms with E-state index in [1.807, 2.05) is 0 Å². The van der Waals surface area contributed by atoms with E-state index in [4.69, 9.17) is 19.0 Å². The number of aromatic carboxylic acids is 1. The Morgan fingerprint density at radius 3 is 3.00 bits per heavy atom. The molecule has 1 atom stereocenters. The molecular weight excluding hydrogens is 224 g/mol. The summed E-state index contributed by atoms with van der Waals surface area (Å²) in [5, 5.41) is 8.67. The molecule has 5 nitrogen and oxygen atoms in total. The highest BCUT2D eigenvalue weighted by Crippen LogP contribution is 2.14. The standard InChI is InChI=1S/C12H16O5/c13-12(14)11-5-4-10(17-11)8-15-7-9-3-1-2-6-16-9/h4-5,9H,1-3,6-8H2,(H,13,14). The summed E-state index contributed by atoms with van der Waals surface area (Å²) in [7, 11) is 0. The van der Waals surface area contributed by atoms with E-state index in [0.717, 1.165) is 19.4 Å². The van der Waals surface area contributed by atoms with Crippen molar-refractivity contribution in [2.24, 2.45) is 0 Å². The maximum atomic E-state index is 10.6. The molecule has 1 fully saturated rings. The smallest absolute Gasteiger partial charge is 0.371 e. The van der Waals surface area contributed by atoms with Crippen LogP contribution in [0.5, 0.6) is 0 Å². The molecule has 0 aliphatic carbocycles. The second kappa shape index (κ2) is 5.84. The maximum absolute atomic E-state index is 10.6. The van der Waals surface area contributed by atoms with Crippen LogP contribution < -0.4 is 0 Å². The predicted octanol–water partition coefficient (Wildman–Crippen LogP) is 2.06. The minimum atomic E-state index is -1.06. The van der Waals surface area contributed by atoms with Gasteiger partial charge in [-0.05, 0) is 31.4 Å². The molecule has 0 amide bonds. The highest BCUT2D eigenvalue weighted by atomic mass is 16.5. The van der Waals surface area contributed by atoms with Crippen LogP contribution >= 0.6 is 0 Å². The number of hydrogen-bond donors (Lipinski definition) is 1. The van der Waals surface area contributed by atoms with Gasteiger partial charge in [-0.2, -0.15) is 0 Å². The lowest BCUT2D eigenvalue weighted by atomic mass is 10.1. The number of carboxylic acid groups (broad SMARTS) is 1. The van der Waals surface area contributed by atoms with Crippen LogP contribution in [0.2, 0.25) is 0 Å². The van der Waals surface area contributed by atoms with Crippen LogP contribution in [0.25, 0.3) is 0 Å². The third-order valence-electron chi connectivity index (χ3n) is 2.69. The van der Waals surface area contributed by atoms with Gasteiger partial charge in [-0.15, -0.1) is 0 Å². The molecule has 2 rings (SSSR count). The highest BCUT2D eigenvalue weighted by molar-refractivity contribution is 5.84. The predicted molar refractivity (Wildman–Crippen MR) is 58.9 cm³/mol. The normalized spacial score (nSPS) is 20.4. The molecular formula is C12H16O5. The van der Waals surface area contributed by atoms with Gasteiger partial charge in [-0.3, -0.25) is 0 Å². The van der Waals surface area contributed by atoms with Gasteiger partial charge in [0.05, 0.1) is 12.7 Å². The van der Waals surface area contributed by atoms with E-state index in [-0.39, 0.29) is 18.5 Å². The summed E-state index contributed by atoms with van der Waals surface area (Å²) >= 11 is 0. The van der Waals surface area contributed by atoms with Crippen LogP contribution in [-0.2, 0) is 16.1 Å². The fourth-order valence-electron chi connectivity index (χ4n) is 1.80. The first kappa shape index (κ1) is 12.1. The van der Waals surface area contributed by atoms with Crippen molar-refractivity contribution in [2.75, 3.05) is 13.2 Å². The van der Waals surface area contributed by atoms with E-state index in [2.05, 4.69) is 0 Å². The molecule has 0 bridgehead atoms. The number of carboxylic acids is 1. The molecule has 0 saturated carbocycles. The molecule has 17 heavy (non-hydrogen) atoms. The van der Waals surface area contributed by atoms with E-state index >= 15 is 0 Å². The van der Waals surface area contributed by atoms with Gasteiger partial charge in [-0.25, -0.2) is 4.79 Å². The van der Waals surface area contributed by atoms with Crippen LogP contribution in [-0.4, -0.2) is 30.4 Å². The number of carbonyl (C=O) groups is 1. The van der Waals surface area contributed by atoms with E-state index in [9.17, 15) is 4.79 Å². The Morgan fingerprint density at radius 2 is 2.35 bits per heavy atom. The second-order valence-corrected chi connectivity index (χ2v) is 4.07. The Morgan fingerprint density at radius 1 is 1.47 bits per heavy atom. The van der Waals surface area contributed by atoms with Gasteiger partial charge in [0.2, 0.25) is 5.76 Å². The third-order valence-corrected chi connectivity index (χ3v) is 2.69. The van der Waals surface area contributed by atoms with Crippen LogP contribution in [0, 0.1) is 0 Å². The van der Waals surface area contributed by atoms with Gasteiger partial charge >= 0.3 is 5.97 Å². The van der Waals surface area contributed by atoms with Crippen molar-refractivity contribution in [1.29, 1.82) is 0 Å². The fourth-order valence-corrected chi connectivity index (χ4v) is 1.80. The zero-order valence-corrected chi connectivity index (χ0v) is 9.55. The molecule has 1 aliphatic heterocycles. The topological polar surface area (TPSA) is 68.9 Å². The molecule has 0 aromatic carbocycles. The molecule has 5 heteroatoms. The summed E-state index contributed by atoms with van der Waals surface area (Å²) in [6.07, 6.45) is 3.49. The first-order chi connectivity index (χ1) is 8.25. The molecule has 1 saturated heterocycles. The van der Waals surface area contributed by atoms with Crippen LogP contribution in [0.1, 0.15) is 35.6 Å². The van der Waals surface area contributed by atoms with Gasteiger partial charge < -0.3 is 19.0 Å². The summed E-state index contributed by atoms with van der Waals surface area (Å²) in [4.78, 5) is 10.6. The number of hydrogen-bond acceptors (Lipinski definition) is 4. The number of furan rings is 1. The summed E-state index contributed by atoms with van der Waals surface area (Å²) in [5.41, 5.74) is 0. The van der Waals surface area contributed by atoms with Crippen molar-refractivity contribution in [1.82, 2.24) is 0 Å². The maximum Gasteiger partial charge on any atom is 0.371 e. The van der Waals surface area contributed by atoms with Crippen molar-refractivity contribution in [3.63, 3.8) is 0 Å². The van der Waals surface area contributed by atoms with Crippen LogP contribution in [0.15, 0.2) is 16.5 Å². The molecule has 2 heterocycles. The van der Waals surface area contributed by atoms with Crippen molar-refractivity contribution in [3.8, 4) is 0 Å². The minimum Gasteiger partial charge on any atom is -0.475 e. The number of ether oxygens (including phenoxy) is 2. The van der Waals surface area contributed by atoms with Gasteiger partial charge in [0, 0.05) is 6.61 Å². The molecule has 0 spiro atoms. The van der Waals surface area contributed by atoms with E-state index < -0.39 is 5.97 Å². The summed E-state index contributed by atoms with van der Waals surface area (Å²) in [6.45, 7) is 1.62. The quantitative estimate of drug-likeness (QED) is 0.853. The molecule has 1 unspecified atom stereocenters. The SMILES string of the molecule is O=C(O)c1ccc(COCC2CCCCO2)o1. The third kappa shape index (κ3) is 3.57. The molecule has 1 aromatic heterocycles. The zero-order chi connectivity index (χ0) is 12.1. The Bertz CT molecular complexity index is 365. The second-order valence-electron chi connectivity index (χ2n) is 4.07. The van der Waals surface area contributed by atoms with E-state index in [0.29, 0.717) is 12.4 Å². The summed E-state index contributed by atoms with van der Waals surface area (Å²) < 4.78 is 16.0.